The molecule has 0 radical (unpaired) electrons. The Hall–Kier alpha value is -2.00. The molecule has 0 unspecified atom stereocenters. The molecular weight excluding hydrogens is 421 g/mol. The van der Waals surface area contributed by atoms with Crippen molar-refractivity contribution in [3.05, 3.63) is 30.1 Å². The van der Waals surface area contributed by atoms with Gasteiger partial charge < -0.3 is 10.2 Å². The van der Waals surface area contributed by atoms with E-state index in [0.29, 0.717) is 0 Å². The van der Waals surface area contributed by atoms with Crippen LogP contribution in [0.4, 0.5) is 4.39 Å². The molecule has 1 atom stereocenters. The molecule has 172 valence electrons. The van der Waals surface area contributed by atoms with Crippen molar-refractivity contribution in [3.63, 3.8) is 0 Å². The average Bonchev–Trinajstić information content (AvgIpc) is 2.77. The second-order valence-corrected chi connectivity index (χ2v) is 10.7. The summed E-state index contributed by atoms with van der Waals surface area (Å²) < 4.78 is 40.0. The van der Waals surface area contributed by atoms with Crippen LogP contribution in [-0.4, -0.2) is 61.7 Å². The van der Waals surface area contributed by atoms with E-state index in [1.54, 1.807) is 4.90 Å². The van der Waals surface area contributed by atoms with Gasteiger partial charge in [0.25, 0.3) is 0 Å². The van der Waals surface area contributed by atoms with Gasteiger partial charge in [-0.15, -0.1) is 0 Å². The van der Waals surface area contributed by atoms with E-state index in [-0.39, 0.29) is 54.7 Å². The predicted octanol–water partition coefficient (Wildman–Crippen LogP) is 2.38. The summed E-state index contributed by atoms with van der Waals surface area (Å²) in [6, 6.07) is 4.12. The van der Waals surface area contributed by atoms with Crippen molar-refractivity contribution < 1.29 is 22.4 Å². The number of hydrogen-bond donors (Lipinski definition) is 1. The standard InChI is InChI=1S/C22H32FN3O4S/c1-16(2)20(24-21(27)17-6-4-3-5-7-17)22(28)25-12-14-26(15-13-25)31(29,30)19-10-8-18(23)9-11-19/h8-11,16-17,20H,3-7,12-15H2,1-2H3,(H,24,27)/t20-/m0/s1. The van der Waals surface area contributed by atoms with Gasteiger partial charge in [0.05, 0.1) is 4.90 Å². The first-order chi connectivity index (χ1) is 14.7. The molecule has 1 saturated heterocycles. The number of halogens is 1. The maximum atomic E-state index is 13.1. The normalized spacial score (nSPS) is 19.9. The number of sulfonamides is 1. The Balaban J connectivity index is 1.60. The Morgan fingerprint density at radius 2 is 1.58 bits per heavy atom. The third-order valence-corrected chi connectivity index (χ3v) is 8.12. The molecule has 1 heterocycles. The molecule has 1 aromatic rings. The van der Waals surface area contributed by atoms with E-state index in [0.717, 1.165) is 44.2 Å². The zero-order valence-electron chi connectivity index (χ0n) is 18.2. The van der Waals surface area contributed by atoms with Crippen LogP contribution in [0, 0.1) is 17.7 Å². The first-order valence-electron chi connectivity index (χ1n) is 11.0. The minimum Gasteiger partial charge on any atom is -0.344 e. The van der Waals surface area contributed by atoms with E-state index < -0.39 is 21.9 Å². The lowest BCUT2D eigenvalue weighted by molar-refractivity contribution is -0.139. The summed E-state index contributed by atoms with van der Waals surface area (Å²) in [5.74, 6) is -0.812. The Labute approximate surface area is 184 Å². The monoisotopic (exact) mass is 453 g/mol. The summed E-state index contributed by atoms with van der Waals surface area (Å²) in [4.78, 5) is 27.5. The van der Waals surface area contributed by atoms with E-state index in [4.69, 9.17) is 0 Å². The number of amides is 2. The Morgan fingerprint density at radius 1 is 1.00 bits per heavy atom. The second kappa shape index (κ2) is 10.1. The van der Waals surface area contributed by atoms with Crippen molar-refractivity contribution in [1.82, 2.24) is 14.5 Å². The van der Waals surface area contributed by atoms with Gasteiger partial charge in [0.15, 0.2) is 0 Å². The lowest BCUT2D eigenvalue weighted by Crippen LogP contribution is -2.57. The zero-order valence-corrected chi connectivity index (χ0v) is 19.0. The number of benzene rings is 1. The van der Waals surface area contributed by atoms with Crippen molar-refractivity contribution >= 4 is 21.8 Å². The van der Waals surface area contributed by atoms with Gasteiger partial charge in [-0.05, 0) is 43.0 Å². The Bertz CT molecular complexity index is 875. The quantitative estimate of drug-likeness (QED) is 0.717. The predicted molar refractivity (Wildman–Crippen MR) is 115 cm³/mol. The van der Waals surface area contributed by atoms with Crippen LogP contribution in [0.25, 0.3) is 0 Å². The topological polar surface area (TPSA) is 86.8 Å². The lowest BCUT2D eigenvalue weighted by Gasteiger charge is -2.37. The fourth-order valence-corrected chi connectivity index (χ4v) is 5.67. The molecule has 3 rings (SSSR count). The van der Waals surface area contributed by atoms with Crippen LogP contribution in [0.5, 0.6) is 0 Å². The van der Waals surface area contributed by atoms with Crippen LogP contribution >= 0.6 is 0 Å². The van der Waals surface area contributed by atoms with Crippen LogP contribution in [-0.2, 0) is 19.6 Å². The molecule has 31 heavy (non-hydrogen) atoms. The Kier molecular flexibility index (Phi) is 7.69. The number of carbonyl (C=O) groups is 2. The van der Waals surface area contributed by atoms with Gasteiger partial charge >= 0.3 is 0 Å². The van der Waals surface area contributed by atoms with Crippen LogP contribution in [0.2, 0.25) is 0 Å². The van der Waals surface area contributed by atoms with Gasteiger partial charge in [-0.3, -0.25) is 9.59 Å². The molecule has 1 saturated carbocycles. The van der Waals surface area contributed by atoms with Crippen molar-refractivity contribution in [2.75, 3.05) is 26.2 Å². The van der Waals surface area contributed by atoms with E-state index in [9.17, 15) is 22.4 Å². The van der Waals surface area contributed by atoms with Gasteiger partial charge in [-0.2, -0.15) is 4.31 Å². The largest absolute Gasteiger partial charge is 0.344 e. The molecule has 0 spiro atoms. The highest BCUT2D eigenvalue weighted by atomic mass is 32.2. The molecule has 9 heteroatoms. The van der Waals surface area contributed by atoms with Gasteiger partial charge in [0.1, 0.15) is 11.9 Å². The van der Waals surface area contributed by atoms with Crippen LogP contribution in [0.1, 0.15) is 46.0 Å². The molecule has 0 bridgehead atoms. The molecule has 1 aliphatic carbocycles. The first-order valence-corrected chi connectivity index (χ1v) is 12.5. The van der Waals surface area contributed by atoms with Crippen molar-refractivity contribution in [2.24, 2.45) is 11.8 Å². The Morgan fingerprint density at radius 3 is 2.13 bits per heavy atom. The summed E-state index contributed by atoms with van der Waals surface area (Å²) in [5, 5.41) is 2.96. The summed E-state index contributed by atoms with van der Waals surface area (Å²) in [5.41, 5.74) is 0. The molecule has 0 aromatic heterocycles. The first kappa shape index (κ1) is 23.7. The number of hydrogen-bond acceptors (Lipinski definition) is 4. The zero-order chi connectivity index (χ0) is 22.6. The summed E-state index contributed by atoms with van der Waals surface area (Å²) >= 11 is 0. The van der Waals surface area contributed by atoms with Crippen LogP contribution in [0.15, 0.2) is 29.2 Å². The average molecular weight is 454 g/mol. The van der Waals surface area contributed by atoms with Gasteiger partial charge in [0.2, 0.25) is 21.8 Å². The molecule has 1 aromatic carbocycles. The van der Waals surface area contributed by atoms with Crippen LogP contribution < -0.4 is 5.32 Å². The highest BCUT2D eigenvalue weighted by molar-refractivity contribution is 7.89. The molecule has 2 amide bonds. The minimum absolute atomic E-state index is 0.0273. The molecular formula is C22H32FN3O4S. The van der Waals surface area contributed by atoms with E-state index in [2.05, 4.69) is 5.32 Å². The van der Waals surface area contributed by atoms with Gasteiger partial charge in [0, 0.05) is 32.1 Å². The number of carbonyl (C=O) groups excluding carboxylic acids is 2. The van der Waals surface area contributed by atoms with Crippen LogP contribution in [0.3, 0.4) is 0 Å². The fraction of sp³-hybridized carbons (Fsp3) is 0.636. The van der Waals surface area contributed by atoms with E-state index >= 15 is 0 Å². The molecule has 2 fully saturated rings. The number of rotatable bonds is 6. The summed E-state index contributed by atoms with van der Waals surface area (Å²) in [6.07, 6.45) is 4.97. The second-order valence-electron chi connectivity index (χ2n) is 8.75. The van der Waals surface area contributed by atoms with E-state index in [1.165, 1.54) is 16.4 Å². The fourth-order valence-electron chi connectivity index (χ4n) is 4.25. The molecule has 2 aliphatic rings. The maximum Gasteiger partial charge on any atom is 0.245 e. The number of nitrogens with zero attached hydrogens (tertiary/aromatic N) is 2. The van der Waals surface area contributed by atoms with Crippen molar-refractivity contribution in [3.8, 4) is 0 Å². The van der Waals surface area contributed by atoms with Crippen molar-refractivity contribution in [2.45, 2.75) is 56.9 Å². The maximum absolute atomic E-state index is 13.1. The van der Waals surface area contributed by atoms with Gasteiger partial charge in [-0.25, -0.2) is 12.8 Å². The van der Waals surface area contributed by atoms with Crippen molar-refractivity contribution in [1.29, 1.82) is 0 Å². The third-order valence-electron chi connectivity index (χ3n) is 6.21. The third kappa shape index (κ3) is 5.63. The van der Waals surface area contributed by atoms with Gasteiger partial charge in [-0.1, -0.05) is 33.1 Å². The summed E-state index contributed by atoms with van der Waals surface area (Å²) in [6.45, 7) is 4.63. The smallest absolute Gasteiger partial charge is 0.245 e. The molecule has 7 nitrogen and oxygen atoms in total. The summed E-state index contributed by atoms with van der Waals surface area (Å²) in [7, 11) is -3.74. The SMILES string of the molecule is CC(C)[C@H](NC(=O)C1CCCCC1)C(=O)N1CCN(S(=O)(=O)c2ccc(F)cc2)CC1. The number of piperazine rings is 1. The minimum atomic E-state index is -3.74. The highest BCUT2D eigenvalue weighted by Gasteiger charge is 2.35. The molecule has 1 aliphatic heterocycles. The molecule has 1 N–H and O–H groups in total. The number of nitrogens with one attached hydrogen (secondary N) is 1. The van der Waals surface area contributed by atoms with E-state index in [1.807, 2.05) is 13.8 Å². The lowest BCUT2D eigenvalue weighted by atomic mass is 9.88. The highest BCUT2D eigenvalue weighted by Crippen LogP contribution is 2.24.